The van der Waals surface area contributed by atoms with Crippen molar-refractivity contribution in [3.8, 4) is 0 Å². The maximum atomic E-state index is 11.7. The van der Waals surface area contributed by atoms with Crippen LogP contribution in [0.3, 0.4) is 0 Å². The van der Waals surface area contributed by atoms with Crippen LogP contribution in [0.15, 0.2) is 47.2 Å². The average molecular weight is 337 g/mol. The number of ether oxygens (including phenoxy) is 1. The van der Waals surface area contributed by atoms with Gasteiger partial charge in [0.1, 0.15) is 11.2 Å². The molecule has 1 heterocycles. The maximum Gasteiger partial charge on any atom is 0.340 e. The number of hydrogen-bond acceptors (Lipinski definition) is 5. The smallest absolute Gasteiger partial charge is 0.340 e. The fourth-order valence-corrected chi connectivity index (χ4v) is 1.68. The van der Waals surface area contributed by atoms with Crippen molar-refractivity contribution in [3.05, 3.63) is 68.4 Å². The van der Waals surface area contributed by atoms with E-state index in [1.807, 2.05) is 0 Å². The first-order valence-corrected chi connectivity index (χ1v) is 6.37. The minimum atomic E-state index is -0.497. The molecule has 2 rings (SSSR count). The molecule has 0 N–H and O–H groups in total. The highest BCUT2D eigenvalue weighted by atomic mass is 79.9. The molecule has 6 nitrogen and oxygen atoms in total. The Kier molecular flexibility index (Phi) is 4.41. The van der Waals surface area contributed by atoms with Gasteiger partial charge in [-0.15, -0.1) is 0 Å². The highest BCUT2D eigenvalue weighted by Crippen LogP contribution is 2.13. The number of halogens is 1. The van der Waals surface area contributed by atoms with Crippen LogP contribution in [-0.2, 0) is 11.3 Å². The van der Waals surface area contributed by atoms with Gasteiger partial charge in [-0.2, -0.15) is 0 Å². The molecule has 0 fully saturated rings. The summed E-state index contributed by atoms with van der Waals surface area (Å²) >= 11 is 3.17. The quantitative estimate of drug-likeness (QED) is 0.370. The van der Waals surface area contributed by atoms with Gasteiger partial charge in [0.15, 0.2) is 0 Å². The lowest BCUT2D eigenvalue weighted by atomic mass is 10.2. The summed E-state index contributed by atoms with van der Waals surface area (Å²) in [7, 11) is 0. The number of carbonyl (C=O) groups excluding carboxylic acids is 1. The van der Waals surface area contributed by atoms with E-state index in [1.54, 1.807) is 24.3 Å². The summed E-state index contributed by atoms with van der Waals surface area (Å²) in [5.41, 5.74) is 1.02. The molecule has 0 spiro atoms. The number of nitro groups is 1. The van der Waals surface area contributed by atoms with Gasteiger partial charge >= 0.3 is 5.97 Å². The standard InChI is InChI=1S/C13H9BrN2O4/c14-12-6-3-10(7-15-12)13(17)20-8-9-1-4-11(5-2-9)16(18)19/h1-7H,8H2. The molecule has 1 aromatic heterocycles. The van der Waals surface area contributed by atoms with Gasteiger partial charge in [0.25, 0.3) is 5.69 Å². The first-order valence-electron chi connectivity index (χ1n) is 5.58. The minimum absolute atomic E-state index is 0.00261. The van der Waals surface area contributed by atoms with Crippen molar-refractivity contribution in [1.29, 1.82) is 0 Å². The number of nitrogens with zero attached hydrogens (tertiary/aromatic N) is 2. The largest absolute Gasteiger partial charge is 0.457 e. The van der Waals surface area contributed by atoms with Gasteiger partial charge < -0.3 is 4.74 Å². The van der Waals surface area contributed by atoms with E-state index < -0.39 is 10.9 Å². The molecule has 20 heavy (non-hydrogen) atoms. The third-order valence-electron chi connectivity index (χ3n) is 2.48. The number of benzene rings is 1. The molecule has 2 aromatic rings. The molecule has 0 aliphatic heterocycles. The summed E-state index contributed by atoms with van der Waals surface area (Å²) in [6.07, 6.45) is 1.41. The first-order chi connectivity index (χ1) is 9.56. The SMILES string of the molecule is O=C(OCc1ccc([N+](=O)[O-])cc1)c1ccc(Br)nc1. The third-order valence-corrected chi connectivity index (χ3v) is 2.95. The molecule has 7 heteroatoms. The van der Waals surface area contributed by atoms with Gasteiger partial charge in [0.05, 0.1) is 10.5 Å². The number of nitro benzene ring substituents is 1. The molecule has 0 saturated heterocycles. The Morgan fingerprint density at radius 2 is 1.95 bits per heavy atom. The fourth-order valence-electron chi connectivity index (χ4n) is 1.44. The van der Waals surface area contributed by atoms with E-state index in [2.05, 4.69) is 20.9 Å². The van der Waals surface area contributed by atoms with Crippen molar-refractivity contribution in [3.63, 3.8) is 0 Å². The average Bonchev–Trinajstić information content (AvgIpc) is 2.46. The predicted molar refractivity (Wildman–Crippen MR) is 74.2 cm³/mol. The summed E-state index contributed by atoms with van der Waals surface area (Å²) < 4.78 is 5.72. The van der Waals surface area contributed by atoms with E-state index >= 15 is 0 Å². The molecule has 1 aromatic carbocycles. The number of rotatable bonds is 4. The molecule has 0 radical (unpaired) electrons. The molecule has 102 valence electrons. The van der Waals surface area contributed by atoms with E-state index in [-0.39, 0.29) is 12.3 Å². The summed E-state index contributed by atoms with van der Waals surface area (Å²) in [5, 5.41) is 10.5. The molecular weight excluding hydrogens is 328 g/mol. The molecule has 0 bridgehead atoms. The molecule has 0 atom stereocenters. The number of non-ortho nitro benzene ring substituents is 1. The fraction of sp³-hybridized carbons (Fsp3) is 0.0769. The molecule has 0 unspecified atom stereocenters. The van der Waals surface area contributed by atoms with Crippen LogP contribution in [0.4, 0.5) is 5.69 Å². The molecule has 0 aliphatic carbocycles. The molecule has 0 amide bonds. The zero-order valence-electron chi connectivity index (χ0n) is 10.2. The van der Waals surface area contributed by atoms with Crippen molar-refractivity contribution in [2.45, 2.75) is 6.61 Å². The topological polar surface area (TPSA) is 82.3 Å². The van der Waals surface area contributed by atoms with Crippen molar-refractivity contribution < 1.29 is 14.5 Å². The van der Waals surface area contributed by atoms with Crippen LogP contribution in [0.5, 0.6) is 0 Å². The zero-order chi connectivity index (χ0) is 14.5. The van der Waals surface area contributed by atoms with E-state index in [1.165, 1.54) is 18.3 Å². The van der Waals surface area contributed by atoms with Crippen LogP contribution >= 0.6 is 15.9 Å². The first kappa shape index (κ1) is 14.1. The van der Waals surface area contributed by atoms with Crippen molar-refractivity contribution in [2.75, 3.05) is 0 Å². The van der Waals surface area contributed by atoms with Gasteiger partial charge in [-0.3, -0.25) is 10.1 Å². The van der Waals surface area contributed by atoms with Crippen molar-refractivity contribution >= 4 is 27.6 Å². The number of pyridine rings is 1. The Bertz CT molecular complexity index is 626. The van der Waals surface area contributed by atoms with E-state index in [4.69, 9.17) is 4.74 Å². The van der Waals surface area contributed by atoms with Gasteiger partial charge in [-0.05, 0) is 45.8 Å². The van der Waals surface area contributed by atoms with Gasteiger partial charge in [-0.1, -0.05) is 0 Å². The third kappa shape index (κ3) is 3.61. The van der Waals surface area contributed by atoms with Crippen LogP contribution < -0.4 is 0 Å². The monoisotopic (exact) mass is 336 g/mol. The Hall–Kier alpha value is -2.28. The van der Waals surface area contributed by atoms with Crippen molar-refractivity contribution in [1.82, 2.24) is 4.98 Å². The normalized spacial score (nSPS) is 10.1. The van der Waals surface area contributed by atoms with Crippen LogP contribution in [0, 0.1) is 10.1 Å². The van der Waals surface area contributed by atoms with Crippen LogP contribution in [0.2, 0.25) is 0 Å². The van der Waals surface area contributed by atoms with Crippen LogP contribution in [0.1, 0.15) is 15.9 Å². The Morgan fingerprint density at radius 3 is 2.50 bits per heavy atom. The van der Waals surface area contributed by atoms with E-state index in [0.29, 0.717) is 15.7 Å². The number of esters is 1. The van der Waals surface area contributed by atoms with Gasteiger partial charge in [0.2, 0.25) is 0 Å². The predicted octanol–water partition coefficient (Wildman–Crippen LogP) is 3.11. The molecular formula is C13H9BrN2O4. The summed E-state index contributed by atoms with van der Waals surface area (Å²) in [6, 6.07) is 9.06. The molecule has 0 saturated carbocycles. The van der Waals surface area contributed by atoms with E-state index in [9.17, 15) is 14.9 Å². The van der Waals surface area contributed by atoms with Crippen LogP contribution in [-0.4, -0.2) is 15.9 Å². The Balaban J connectivity index is 1.96. The second kappa shape index (κ2) is 6.25. The Morgan fingerprint density at radius 1 is 1.25 bits per heavy atom. The second-order valence-electron chi connectivity index (χ2n) is 3.87. The highest BCUT2D eigenvalue weighted by molar-refractivity contribution is 9.10. The van der Waals surface area contributed by atoms with Crippen molar-refractivity contribution in [2.24, 2.45) is 0 Å². The van der Waals surface area contributed by atoms with Gasteiger partial charge in [-0.25, -0.2) is 9.78 Å². The number of hydrogen-bond donors (Lipinski definition) is 0. The number of aromatic nitrogens is 1. The zero-order valence-corrected chi connectivity index (χ0v) is 11.7. The lowest BCUT2D eigenvalue weighted by Crippen LogP contribution is -2.05. The highest BCUT2D eigenvalue weighted by Gasteiger charge is 2.09. The Labute approximate surface area is 122 Å². The lowest BCUT2D eigenvalue weighted by molar-refractivity contribution is -0.384. The molecule has 0 aliphatic rings. The lowest BCUT2D eigenvalue weighted by Gasteiger charge is -2.04. The maximum absolute atomic E-state index is 11.7. The summed E-state index contributed by atoms with van der Waals surface area (Å²) in [4.78, 5) is 25.7. The minimum Gasteiger partial charge on any atom is -0.457 e. The van der Waals surface area contributed by atoms with Gasteiger partial charge in [0, 0.05) is 18.3 Å². The second-order valence-corrected chi connectivity index (χ2v) is 4.68. The summed E-state index contributed by atoms with van der Waals surface area (Å²) in [6.45, 7) is 0.0485. The van der Waals surface area contributed by atoms with E-state index in [0.717, 1.165) is 0 Å². The number of carbonyl (C=O) groups is 1. The summed E-state index contributed by atoms with van der Waals surface area (Å²) in [5.74, 6) is -0.497. The van der Waals surface area contributed by atoms with Crippen LogP contribution in [0.25, 0.3) is 0 Å².